The highest BCUT2D eigenvalue weighted by atomic mass is 16.5. The summed E-state index contributed by atoms with van der Waals surface area (Å²) in [5, 5.41) is 9.54. The van der Waals surface area contributed by atoms with Gasteiger partial charge in [-0.05, 0) is 27.2 Å². The molecule has 12 heavy (non-hydrogen) atoms. The van der Waals surface area contributed by atoms with Crippen molar-refractivity contribution in [2.24, 2.45) is 11.8 Å². The molecule has 1 rings (SSSR count). The van der Waals surface area contributed by atoms with Gasteiger partial charge in [-0.25, -0.2) is 0 Å². The number of carbonyl (C=O) groups excluding carboxylic acids is 1. The van der Waals surface area contributed by atoms with Crippen LogP contribution in [0.2, 0.25) is 0 Å². The quantitative estimate of drug-likeness (QED) is 0.645. The summed E-state index contributed by atoms with van der Waals surface area (Å²) in [6, 6.07) is 0. The summed E-state index contributed by atoms with van der Waals surface area (Å²) in [5.41, 5.74) is -0.739. The third-order valence-corrected chi connectivity index (χ3v) is 2.29. The predicted octanol–water partition coefficient (Wildman–Crippen LogP) is 0.956. The molecule has 2 unspecified atom stereocenters. The molecule has 0 spiro atoms. The molecule has 2 atom stereocenters. The lowest BCUT2D eigenvalue weighted by Crippen LogP contribution is -2.24. The van der Waals surface area contributed by atoms with Gasteiger partial charge in [0.2, 0.25) is 0 Å². The third-order valence-electron chi connectivity index (χ3n) is 2.29. The summed E-state index contributed by atoms with van der Waals surface area (Å²) in [7, 11) is 0. The van der Waals surface area contributed by atoms with Gasteiger partial charge in [0.05, 0.1) is 18.1 Å². The Hall–Kier alpha value is -0.570. The molecule has 3 heteroatoms. The maximum Gasteiger partial charge on any atom is 0.309 e. The van der Waals surface area contributed by atoms with Crippen LogP contribution in [-0.2, 0) is 9.53 Å². The molecule has 0 aliphatic heterocycles. The van der Waals surface area contributed by atoms with Crippen LogP contribution in [0.15, 0.2) is 0 Å². The van der Waals surface area contributed by atoms with E-state index in [1.807, 2.05) is 0 Å². The van der Waals surface area contributed by atoms with Crippen molar-refractivity contribution in [2.45, 2.75) is 32.8 Å². The summed E-state index contributed by atoms with van der Waals surface area (Å²) in [4.78, 5) is 11.1. The van der Waals surface area contributed by atoms with Gasteiger partial charge in [0, 0.05) is 5.92 Å². The van der Waals surface area contributed by atoms with Crippen LogP contribution in [-0.4, -0.2) is 23.3 Å². The van der Waals surface area contributed by atoms with Crippen molar-refractivity contribution in [3.05, 3.63) is 0 Å². The minimum absolute atomic E-state index is 0.0649. The fraction of sp³-hybridized carbons (Fsp3) is 0.889. The van der Waals surface area contributed by atoms with Crippen LogP contribution in [0.4, 0.5) is 0 Å². The molecule has 1 N–H and O–H groups in total. The topological polar surface area (TPSA) is 46.5 Å². The summed E-state index contributed by atoms with van der Waals surface area (Å²) in [6.45, 7) is 5.68. The molecule has 1 fully saturated rings. The maximum absolute atomic E-state index is 11.1. The molecule has 1 aliphatic rings. The van der Waals surface area contributed by atoms with Crippen molar-refractivity contribution in [3.63, 3.8) is 0 Å². The monoisotopic (exact) mass is 172 g/mol. The van der Waals surface area contributed by atoms with Gasteiger partial charge >= 0.3 is 5.97 Å². The molecule has 0 amide bonds. The van der Waals surface area contributed by atoms with E-state index >= 15 is 0 Å². The van der Waals surface area contributed by atoms with E-state index in [1.165, 1.54) is 0 Å². The standard InChI is InChI=1S/C9H16O3/c1-4-12-8(10)6-5-7(6)9(2,3)11/h6-7,11H,4-5H2,1-3H3. The Morgan fingerprint density at radius 2 is 2.25 bits per heavy atom. The summed E-state index contributed by atoms with van der Waals surface area (Å²) in [6.07, 6.45) is 0.766. The molecule has 0 aromatic heterocycles. The molecule has 70 valence electrons. The Kier molecular flexibility index (Phi) is 2.42. The van der Waals surface area contributed by atoms with Gasteiger partial charge in [0.25, 0.3) is 0 Å². The third kappa shape index (κ3) is 1.97. The summed E-state index contributed by atoms with van der Waals surface area (Å²) >= 11 is 0. The van der Waals surface area contributed by atoms with Crippen LogP contribution in [0, 0.1) is 11.8 Å². The summed E-state index contributed by atoms with van der Waals surface area (Å²) in [5.74, 6) is -0.133. The van der Waals surface area contributed by atoms with Crippen molar-refractivity contribution >= 4 is 5.97 Å². The lowest BCUT2D eigenvalue weighted by atomic mass is 10.0. The first-order valence-corrected chi connectivity index (χ1v) is 4.35. The van der Waals surface area contributed by atoms with E-state index in [1.54, 1.807) is 20.8 Å². The van der Waals surface area contributed by atoms with E-state index < -0.39 is 5.60 Å². The van der Waals surface area contributed by atoms with E-state index in [2.05, 4.69) is 0 Å². The second kappa shape index (κ2) is 3.05. The van der Waals surface area contributed by atoms with Crippen LogP contribution >= 0.6 is 0 Å². The minimum Gasteiger partial charge on any atom is -0.466 e. The van der Waals surface area contributed by atoms with Gasteiger partial charge in [0.15, 0.2) is 0 Å². The molecule has 0 aromatic rings. The molecule has 0 aromatic carbocycles. The number of aliphatic hydroxyl groups is 1. The highest BCUT2D eigenvalue weighted by molar-refractivity contribution is 5.76. The maximum atomic E-state index is 11.1. The van der Waals surface area contributed by atoms with E-state index in [0.29, 0.717) is 6.61 Å². The number of carbonyl (C=O) groups is 1. The van der Waals surface area contributed by atoms with Gasteiger partial charge in [-0.1, -0.05) is 0 Å². The summed E-state index contributed by atoms with van der Waals surface area (Å²) < 4.78 is 4.84. The largest absolute Gasteiger partial charge is 0.466 e. The van der Waals surface area contributed by atoms with E-state index in [0.717, 1.165) is 6.42 Å². The van der Waals surface area contributed by atoms with E-state index in [4.69, 9.17) is 4.74 Å². The second-order valence-corrected chi connectivity index (χ2v) is 3.85. The number of hydrogen-bond acceptors (Lipinski definition) is 3. The predicted molar refractivity (Wildman–Crippen MR) is 44.5 cm³/mol. The lowest BCUT2D eigenvalue weighted by Gasteiger charge is -2.16. The highest BCUT2D eigenvalue weighted by Gasteiger charge is 2.51. The van der Waals surface area contributed by atoms with Crippen molar-refractivity contribution in [2.75, 3.05) is 6.61 Å². The molecule has 1 saturated carbocycles. The Balaban J connectivity index is 2.37. The molecule has 0 heterocycles. The van der Waals surface area contributed by atoms with E-state index in [-0.39, 0.29) is 17.8 Å². The average molecular weight is 172 g/mol. The van der Waals surface area contributed by atoms with Crippen molar-refractivity contribution in [3.8, 4) is 0 Å². The Bertz CT molecular complexity index is 181. The lowest BCUT2D eigenvalue weighted by molar-refractivity contribution is -0.145. The molecular weight excluding hydrogens is 156 g/mol. The first-order chi connectivity index (χ1) is 5.46. The first kappa shape index (κ1) is 9.52. The molecule has 3 nitrogen and oxygen atoms in total. The number of hydrogen-bond donors (Lipinski definition) is 1. The number of rotatable bonds is 3. The van der Waals surface area contributed by atoms with Crippen molar-refractivity contribution in [1.29, 1.82) is 0 Å². The Labute approximate surface area is 72.7 Å². The van der Waals surface area contributed by atoms with Gasteiger partial charge in [-0.2, -0.15) is 0 Å². The SMILES string of the molecule is CCOC(=O)C1CC1C(C)(C)O. The van der Waals surface area contributed by atoms with Crippen LogP contribution in [0.5, 0.6) is 0 Å². The Morgan fingerprint density at radius 3 is 2.58 bits per heavy atom. The number of esters is 1. The van der Waals surface area contributed by atoms with Gasteiger partial charge < -0.3 is 9.84 Å². The minimum atomic E-state index is -0.739. The fourth-order valence-corrected chi connectivity index (χ4v) is 1.49. The van der Waals surface area contributed by atoms with Crippen molar-refractivity contribution in [1.82, 2.24) is 0 Å². The smallest absolute Gasteiger partial charge is 0.309 e. The van der Waals surface area contributed by atoms with Gasteiger partial charge in [0.1, 0.15) is 0 Å². The Morgan fingerprint density at radius 1 is 1.67 bits per heavy atom. The zero-order valence-corrected chi connectivity index (χ0v) is 7.83. The van der Waals surface area contributed by atoms with Crippen LogP contribution < -0.4 is 0 Å². The normalized spacial score (nSPS) is 28.3. The first-order valence-electron chi connectivity index (χ1n) is 4.35. The highest BCUT2D eigenvalue weighted by Crippen LogP contribution is 2.46. The zero-order chi connectivity index (χ0) is 9.35. The molecular formula is C9H16O3. The second-order valence-electron chi connectivity index (χ2n) is 3.85. The average Bonchev–Trinajstić information content (AvgIpc) is 2.62. The van der Waals surface area contributed by atoms with E-state index in [9.17, 15) is 9.90 Å². The van der Waals surface area contributed by atoms with Crippen LogP contribution in [0.3, 0.4) is 0 Å². The molecule has 0 bridgehead atoms. The molecule has 0 radical (unpaired) electrons. The van der Waals surface area contributed by atoms with Crippen molar-refractivity contribution < 1.29 is 14.6 Å². The fourth-order valence-electron chi connectivity index (χ4n) is 1.49. The van der Waals surface area contributed by atoms with Crippen LogP contribution in [0.25, 0.3) is 0 Å². The molecule has 0 saturated heterocycles. The number of ether oxygens (including phenoxy) is 1. The zero-order valence-electron chi connectivity index (χ0n) is 7.83. The molecule has 1 aliphatic carbocycles. The van der Waals surface area contributed by atoms with Crippen LogP contribution in [0.1, 0.15) is 27.2 Å². The van der Waals surface area contributed by atoms with Gasteiger partial charge in [-0.15, -0.1) is 0 Å². The van der Waals surface area contributed by atoms with Gasteiger partial charge in [-0.3, -0.25) is 4.79 Å².